The Hall–Kier alpha value is -0.410. The lowest BCUT2D eigenvalue weighted by atomic mass is 10.1. The molecule has 0 bridgehead atoms. The molecule has 1 saturated carbocycles. The zero-order valence-electron chi connectivity index (χ0n) is 9.08. The summed E-state index contributed by atoms with van der Waals surface area (Å²) in [5.41, 5.74) is 1.19. The minimum absolute atomic E-state index is 0.399. The highest BCUT2D eigenvalue weighted by Gasteiger charge is 2.28. The molecule has 2 rings (SSSR count). The van der Waals surface area contributed by atoms with Crippen molar-refractivity contribution in [2.24, 2.45) is 5.92 Å². The minimum atomic E-state index is 0.399. The van der Waals surface area contributed by atoms with Crippen LogP contribution in [0.1, 0.15) is 43.4 Å². The number of nitrogens with one attached hydrogen (secondary N) is 1. The summed E-state index contributed by atoms with van der Waals surface area (Å²) in [5.74, 6) is 0.914. The van der Waals surface area contributed by atoms with Crippen LogP contribution in [0, 0.1) is 12.8 Å². The number of aromatic nitrogens is 1. The van der Waals surface area contributed by atoms with Crippen molar-refractivity contribution in [2.75, 3.05) is 0 Å². The molecule has 0 aromatic carbocycles. The molecule has 1 heterocycles. The number of aryl methyl sites for hydroxylation is 1. The second kappa shape index (κ2) is 3.99. The van der Waals surface area contributed by atoms with E-state index in [-0.39, 0.29) is 0 Å². The van der Waals surface area contributed by atoms with Gasteiger partial charge in [-0.15, -0.1) is 11.3 Å². The maximum absolute atomic E-state index is 4.50. The second-order valence-corrected chi connectivity index (χ2v) is 5.37. The number of thiazole rings is 1. The molecule has 1 aliphatic rings. The van der Waals surface area contributed by atoms with E-state index < -0.39 is 0 Å². The number of rotatable bonds is 4. The summed E-state index contributed by atoms with van der Waals surface area (Å²) in [4.78, 5) is 4.50. The van der Waals surface area contributed by atoms with Gasteiger partial charge in [-0.2, -0.15) is 0 Å². The predicted octanol–water partition coefficient (Wildman–Crippen LogP) is 2.90. The molecule has 1 fully saturated rings. The van der Waals surface area contributed by atoms with Crippen LogP contribution in [0.5, 0.6) is 0 Å². The first-order chi connectivity index (χ1) is 6.66. The zero-order chi connectivity index (χ0) is 10.1. The van der Waals surface area contributed by atoms with Crippen molar-refractivity contribution in [3.05, 3.63) is 16.1 Å². The van der Waals surface area contributed by atoms with Crippen molar-refractivity contribution in [3.8, 4) is 0 Å². The molecule has 2 nitrogen and oxygen atoms in total. The molecule has 1 aliphatic carbocycles. The third-order valence-electron chi connectivity index (χ3n) is 2.92. The molecule has 1 N–H and O–H groups in total. The van der Waals surface area contributed by atoms with Gasteiger partial charge in [0.2, 0.25) is 0 Å². The fourth-order valence-electron chi connectivity index (χ4n) is 1.79. The fourth-order valence-corrected chi connectivity index (χ4v) is 2.50. The Kier molecular flexibility index (Phi) is 2.88. The van der Waals surface area contributed by atoms with Gasteiger partial charge in [-0.25, -0.2) is 4.98 Å². The molecular weight excluding hydrogens is 192 g/mol. The Morgan fingerprint density at radius 2 is 2.21 bits per heavy atom. The highest BCUT2D eigenvalue weighted by molar-refractivity contribution is 7.09. The van der Waals surface area contributed by atoms with Gasteiger partial charge in [0.15, 0.2) is 0 Å². The minimum Gasteiger partial charge on any atom is -0.306 e. The van der Waals surface area contributed by atoms with Gasteiger partial charge in [-0.3, -0.25) is 0 Å². The van der Waals surface area contributed by atoms with E-state index in [9.17, 15) is 0 Å². The first-order valence-electron chi connectivity index (χ1n) is 5.35. The molecule has 0 radical (unpaired) electrons. The van der Waals surface area contributed by atoms with Crippen LogP contribution in [0.4, 0.5) is 0 Å². The summed E-state index contributed by atoms with van der Waals surface area (Å²) in [5, 5.41) is 6.93. The summed E-state index contributed by atoms with van der Waals surface area (Å²) in [7, 11) is 0. The van der Waals surface area contributed by atoms with Gasteiger partial charge in [-0.05, 0) is 39.5 Å². The molecule has 0 aliphatic heterocycles. The van der Waals surface area contributed by atoms with Gasteiger partial charge in [0, 0.05) is 17.5 Å². The maximum Gasteiger partial charge on any atom is 0.0898 e. The highest BCUT2D eigenvalue weighted by Crippen LogP contribution is 2.33. The number of nitrogens with zero attached hydrogens (tertiary/aromatic N) is 1. The van der Waals surface area contributed by atoms with Crippen molar-refractivity contribution < 1.29 is 0 Å². The molecule has 78 valence electrons. The van der Waals surface area contributed by atoms with E-state index in [1.54, 1.807) is 11.3 Å². The summed E-state index contributed by atoms with van der Waals surface area (Å²) >= 11 is 1.73. The van der Waals surface area contributed by atoms with Crippen LogP contribution in [0.2, 0.25) is 0 Å². The van der Waals surface area contributed by atoms with E-state index in [0.717, 1.165) is 10.9 Å². The van der Waals surface area contributed by atoms with Crippen LogP contribution in [0.25, 0.3) is 0 Å². The molecule has 0 amide bonds. The molecule has 14 heavy (non-hydrogen) atoms. The fraction of sp³-hybridized carbons (Fsp3) is 0.727. The summed E-state index contributed by atoms with van der Waals surface area (Å²) in [6.07, 6.45) is 2.80. The van der Waals surface area contributed by atoms with Crippen molar-refractivity contribution in [3.63, 3.8) is 0 Å². The average Bonchev–Trinajstić information content (AvgIpc) is 2.89. The van der Waals surface area contributed by atoms with Gasteiger partial charge in [-0.1, -0.05) is 0 Å². The third kappa shape index (κ3) is 2.34. The lowest BCUT2D eigenvalue weighted by Gasteiger charge is -2.17. The summed E-state index contributed by atoms with van der Waals surface area (Å²) in [6, 6.07) is 1.04. The Morgan fingerprint density at radius 3 is 2.71 bits per heavy atom. The zero-order valence-corrected chi connectivity index (χ0v) is 9.90. The first-order valence-corrected chi connectivity index (χ1v) is 6.23. The third-order valence-corrected chi connectivity index (χ3v) is 3.71. The summed E-state index contributed by atoms with van der Waals surface area (Å²) in [6.45, 7) is 6.55. The SMILES string of the molecule is Cc1nc(C(C)NC(C)C2CC2)cs1. The van der Waals surface area contributed by atoms with Crippen LogP contribution in [-0.4, -0.2) is 11.0 Å². The molecule has 2 atom stereocenters. The Bertz CT molecular complexity index is 304. The average molecular weight is 210 g/mol. The second-order valence-electron chi connectivity index (χ2n) is 4.31. The quantitative estimate of drug-likeness (QED) is 0.826. The van der Waals surface area contributed by atoms with Gasteiger partial charge in [0.1, 0.15) is 0 Å². The molecular formula is C11H18N2S. The van der Waals surface area contributed by atoms with Gasteiger partial charge < -0.3 is 5.32 Å². The number of hydrogen-bond donors (Lipinski definition) is 1. The van der Waals surface area contributed by atoms with Gasteiger partial charge in [0.05, 0.1) is 10.7 Å². The van der Waals surface area contributed by atoms with Crippen LogP contribution in [-0.2, 0) is 0 Å². The van der Waals surface area contributed by atoms with Crippen molar-refractivity contribution in [2.45, 2.75) is 45.7 Å². The monoisotopic (exact) mass is 210 g/mol. The van der Waals surface area contributed by atoms with E-state index in [2.05, 4.69) is 36.5 Å². The summed E-state index contributed by atoms with van der Waals surface area (Å²) < 4.78 is 0. The topological polar surface area (TPSA) is 24.9 Å². The van der Waals surface area contributed by atoms with Crippen molar-refractivity contribution >= 4 is 11.3 Å². The molecule has 1 aromatic heterocycles. The highest BCUT2D eigenvalue weighted by atomic mass is 32.1. The van der Waals surface area contributed by atoms with Crippen molar-refractivity contribution in [1.82, 2.24) is 10.3 Å². The lowest BCUT2D eigenvalue weighted by molar-refractivity contribution is 0.436. The van der Waals surface area contributed by atoms with Crippen molar-refractivity contribution in [1.29, 1.82) is 0 Å². The number of hydrogen-bond acceptors (Lipinski definition) is 3. The standard InChI is InChI=1S/C11H18N2S/c1-7(10-4-5-10)12-8(2)11-6-14-9(3)13-11/h6-8,10,12H,4-5H2,1-3H3. The van der Waals surface area contributed by atoms with Crippen LogP contribution in [0.15, 0.2) is 5.38 Å². The van der Waals surface area contributed by atoms with E-state index >= 15 is 0 Å². The smallest absolute Gasteiger partial charge is 0.0898 e. The van der Waals surface area contributed by atoms with Crippen LogP contribution >= 0.6 is 11.3 Å². The van der Waals surface area contributed by atoms with Gasteiger partial charge in [0.25, 0.3) is 0 Å². The molecule has 0 spiro atoms. The Labute approximate surface area is 89.8 Å². The van der Waals surface area contributed by atoms with Crippen LogP contribution in [0.3, 0.4) is 0 Å². The van der Waals surface area contributed by atoms with E-state index in [0.29, 0.717) is 12.1 Å². The molecule has 0 saturated heterocycles. The van der Waals surface area contributed by atoms with Crippen LogP contribution < -0.4 is 5.32 Å². The Balaban J connectivity index is 1.91. The molecule has 3 heteroatoms. The van der Waals surface area contributed by atoms with E-state index in [1.165, 1.54) is 18.5 Å². The molecule has 2 unspecified atom stereocenters. The largest absolute Gasteiger partial charge is 0.306 e. The first kappa shape index (κ1) is 10.1. The lowest BCUT2D eigenvalue weighted by Crippen LogP contribution is -2.30. The van der Waals surface area contributed by atoms with E-state index in [4.69, 9.17) is 0 Å². The van der Waals surface area contributed by atoms with E-state index in [1.807, 2.05) is 0 Å². The molecule has 1 aromatic rings. The normalized spacial score (nSPS) is 20.8. The predicted molar refractivity (Wildman–Crippen MR) is 60.6 cm³/mol. The van der Waals surface area contributed by atoms with Gasteiger partial charge >= 0.3 is 0 Å². The maximum atomic E-state index is 4.50. The Morgan fingerprint density at radius 1 is 1.50 bits per heavy atom.